The molecule has 128 valence electrons. The van der Waals surface area contributed by atoms with E-state index in [0.29, 0.717) is 19.4 Å². The van der Waals surface area contributed by atoms with E-state index in [1.54, 1.807) is 0 Å². The van der Waals surface area contributed by atoms with Gasteiger partial charge in [0.1, 0.15) is 6.08 Å². The SMILES string of the molecule is [2H]C(O)(CO)C(CCCCC)(CCCCC)OCCCCC. The van der Waals surface area contributed by atoms with Crippen molar-refractivity contribution in [2.45, 2.75) is 103 Å². The van der Waals surface area contributed by atoms with Crippen molar-refractivity contribution in [1.82, 2.24) is 0 Å². The highest BCUT2D eigenvalue weighted by molar-refractivity contribution is 4.88. The summed E-state index contributed by atoms with van der Waals surface area (Å²) in [6, 6.07) is 0. The fourth-order valence-corrected chi connectivity index (χ4v) is 2.73. The quantitative estimate of drug-likeness (QED) is 0.440. The van der Waals surface area contributed by atoms with Crippen LogP contribution in [-0.2, 0) is 4.74 Å². The maximum Gasteiger partial charge on any atom is 0.106 e. The molecular formula is C18H38O3. The van der Waals surface area contributed by atoms with Crippen LogP contribution in [0.15, 0.2) is 0 Å². The van der Waals surface area contributed by atoms with E-state index in [-0.39, 0.29) is 0 Å². The molecule has 0 amide bonds. The number of aliphatic hydroxyl groups excluding tert-OH is 1. The predicted molar refractivity (Wildman–Crippen MR) is 89.6 cm³/mol. The molecule has 0 aromatic rings. The molecular weight excluding hydrogens is 264 g/mol. The van der Waals surface area contributed by atoms with Gasteiger partial charge in [-0.3, -0.25) is 0 Å². The Morgan fingerprint density at radius 1 is 0.905 bits per heavy atom. The highest BCUT2D eigenvalue weighted by Gasteiger charge is 2.37. The molecule has 0 radical (unpaired) electrons. The van der Waals surface area contributed by atoms with Crippen molar-refractivity contribution in [3.63, 3.8) is 0 Å². The molecule has 0 aromatic heterocycles. The number of rotatable bonds is 15. The van der Waals surface area contributed by atoms with Crippen molar-refractivity contribution in [2.75, 3.05) is 13.2 Å². The molecule has 0 aliphatic heterocycles. The zero-order valence-electron chi connectivity index (χ0n) is 15.5. The lowest BCUT2D eigenvalue weighted by Gasteiger charge is -2.38. The molecule has 0 aliphatic rings. The van der Waals surface area contributed by atoms with E-state index in [1.807, 2.05) is 0 Å². The van der Waals surface area contributed by atoms with Gasteiger partial charge in [-0.05, 0) is 19.3 Å². The summed E-state index contributed by atoms with van der Waals surface area (Å²) in [6.07, 6.45) is 8.71. The number of unbranched alkanes of at least 4 members (excludes halogenated alkanes) is 6. The van der Waals surface area contributed by atoms with Crippen molar-refractivity contribution in [3.8, 4) is 0 Å². The van der Waals surface area contributed by atoms with Crippen LogP contribution in [0.2, 0.25) is 0 Å². The minimum atomic E-state index is -1.92. The molecule has 21 heavy (non-hydrogen) atoms. The fourth-order valence-electron chi connectivity index (χ4n) is 2.73. The number of hydrogen-bond acceptors (Lipinski definition) is 3. The molecule has 1 unspecified atom stereocenters. The van der Waals surface area contributed by atoms with Crippen LogP contribution in [0.3, 0.4) is 0 Å². The third-order valence-corrected chi connectivity index (χ3v) is 4.17. The van der Waals surface area contributed by atoms with Gasteiger partial charge in [0.25, 0.3) is 0 Å². The largest absolute Gasteiger partial charge is 0.394 e. The van der Waals surface area contributed by atoms with Gasteiger partial charge in [0.2, 0.25) is 0 Å². The van der Waals surface area contributed by atoms with Gasteiger partial charge in [-0.15, -0.1) is 0 Å². The average Bonchev–Trinajstić information content (AvgIpc) is 2.51. The smallest absolute Gasteiger partial charge is 0.106 e. The monoisotopic (exact) mass is 303 g/mol. The summed E-state index contributed by atoms with van der Waals surface area (Å²) in [5.74, 6) is 0. The Morgan fingerprint density at radius 2 is 1.38 bits per heavy atom. The van der Waals surface area contributed by atoms with E-state index < -0.39 is 18.3 Å². The normalized spacial score (nSPS) is 15.8. The Hall–Kier alpha value is -0.120. The minimum absolute atomic E-state index is 0.563. The molecule has 0 spiro atoms. The van der Waals surface area contributed by atoms with E-state index in [9.17, 15) is 10.2 Å². The first kappa shape index (κ1) is 18.9. The zero-order chi connectivity index (χ0) is 16.9. The predicted octanol–water partition coefficient (Wildman–Crippen LogP) is 4.45. The second kappa shape index (κ2) is 13.5. The van der Waals surface area contributed by atoms with Crippen molar-refractivity contribution in [1.29, 1.82) is 0 Å². The Morgan fingerprint density at radius 3 is 1.81 bits per heavy atom. The molecule has 2 N–H and O–H groups in total. The molecule has 0 heterocycles. The molecule has 3 heteroatoms. The molecule has 3 nitrogen and oxygen atoms in total. The molecule has 0 saturated carbocycles. The average molecular weight is 304 g/mol. The Bertz CT molecular complexity index is 247. The molecule has 0 rings (SSSR count). The second-order valence-electron chi connectivity index (χ2n) is 6.07. The van der Waals surface area contributed by atoms with Crippen molar-refractivity contribution in [2.24, 2.45) is 0 Å². The third-order valence-electron chi connectivity index (χ3n) is 4.17. The van der Waals surface area contributed by atoms with Gasteiger partial charge < -0.3 is 14.9 Å². The molecule has 0 fully saturated rings. The first-order valence-corrected chi connectivity index (χ1v) is 8.96. The van der Waals surface area contributed by atoms with Crippen LogP contribution in [0.4, 0.5) is 0 Å². The molecule has 0 aromatic carbocycles. The van der Waals surface area contributed by atoms with Crippen LogP contribution >= 0.6 is 0 Å². The van der Waals surface area contributed by atoms with Gasteiger partial charge in [-0.1, -0.05) is 72.1 Å². The van der Waals surface area contributed by atoms with Crippen LogP contribution in [0.25, 0.3) is 0 Å². The summed E-state index contributed by atoms with van der Waals surface area (Å²) < 4.78 is 14.3. The fraction of sp³-hybridized carbons (Fsp3) is 1.00. The van der Waals surface area contributed by atoms with Crippen LogP contribution in [0.5, 0.6) is 0 Å². The van der Waals surface area contributed by atoms with Gasteiger partial charge in [-0.25, -0.2) is 0 Å². The summed E-state index contributed by atoms with van der Waals surface area (Å²) in [6.45, 7) is 6.41. The standard InChI is InChI=1S/C18H38O3/c1-4-7-10-13-18(17(20)16-19,14-11-8-5-2)21-15-12-9-6-3/h17,19-20H,4-16H2,1-3H3/i17D. The van der Waals surface area contributed by atoms with Crippen molar-refractivity contribution in [3.05, 3.63) is 0 Å². The van der Waals surface area contributed by atoms with E-state index in [0.717, 1.165) is 57.8 Å². The van der Waals surface area contributed by atoms with Crippen LogP contribution in [0, 0.1) is 0 Å². The first-order chi connectivity index (χ1) is 10.5. The van der Waals surface area contributed by atoms with Crippen LogP contribution in [0.1, 0.15) is 92.8 Å². The lowest BCUT2D eigenvalue weighted by Crippen LogP contribution is -2.47. The Balaban J connectivity index is 4.94. The van der Waals surface area contributed by atoms with Crippen molar-refractivity contribution >= 4 is 0 Å². The van der Waals surface area contributed by atoms with E-state index in [1.165, 1.54) is 0 Å². The van der Waals surface area contributed by atoms with Gasteiger partial charge in [0, 0.05) is 6.61 Å². The third kappa shape index (κ3) is 8.80. The minimum Gasteiger partial charge on any atom is -0.394 e. The van der Waals surface area contributed by atoms with E-state index in [4.69, 9.17) is 6.11 Å². The van der Waals surface area contributed by atoms with Gasteiger partial charge in [0.05, 0.1) is 13.6 Å². The Kier molecular flexibility index (Phi) is 12.2. The molecule has 0 aliphatic carbocycles. The molecule has 1 atom stereocenters. The summed E-state index contributed by atoms with van der Waals surface area (Å²) in [7, 11) is 0. The maximum atomic E-state index is 10.5. The highest BCUT2D eigenvalue weighted by Crippen LogP contribution is 2.31. The first-order valence-electron chi connectivity index (χ1n) is 9.46. The number of ether oxygens (including phenoxy) is 1. The van der Waals surface area contributed by atoms with Crippen LogP contribution in [-0.4, -0.2) is 35.1 Å². The van der Waals surface area contributed by atoms with E-state index >= 15 is 0 Å². The summed E-state index contributed by atoms with van der Waals surface area (Å²) in [5.41, 5.74) is -0.931. The maximum absolute atomic E-state index is 10.5. The summed E-state index contributed by atoms with van der Waals surface area (Å²) in [4.78, 5) is 0. The topological polar surface area (TPSA) is 49.7 Å². The number of aliphatic hydroxyl groups is 2. The summed E-state index contributed by atoms with van der Waals surface area (Å²) >= 11 is 0. The Labute approximate surface area is 133 Å². The lowest BCUT2D eigenvalue weighted by molar-refractivity contribution is -0.148. The van der Waals surface area contributed by atoms with Gasteiger partial charge in [-0.2, -0.15) is 0 Å². The summed E-state index contributed by atoms with van der Waals surface area (Å²) in [5, 5.41) is 20.0. The highest BCUT2D eigenvalue weighted by atomic mass is 16.5. The second-order valence-corrected chi connectivity index (χ2v) is 6.07. The van der Waals surface area contributed by atoms with E-state index in [2.05, 4.69) is 20.8 Å². The van der Waals surface area contributed by atoms with Gasteiger partial charge in [0.15, 0.2) is 0 Å². The van der Waals surface area contributed by atoms with Gasteiger partial charge >= 0.3 is 0 Å². The number of hydrogen-bond donors (Lipinski definition) is 2. The van der Waals surface area contributed by atoms with Crippen LogP contribution < -0.4 is 0 Å². The van der Waals surface area contributed by atoms with Crippen molar-refractivity contribution < 1.29 is 16.3 Å². The lowest BCUT2D eigenvalue weighted by atomic mass is 9.85. The molecule has 0 bridgehead atoms. The molecule has 0 saturated heterocycles. The zero-order valence-corrected chi connectivity index (χ0v) is 14.5.